The topological polar surface area (TPSA) is 78.6 Å². The van der Waals surface area contributed by atoms with Crippen LogP contribution >= 0.6 is 0 Å². The monoisotopic (exact) mass is 261 g/mol. The third kappa shape index (κ3) is 2.38. The minimum absolute atomic E-state index is 0.0656. The van der Waals surface area contributed by atoms with Gasteiger partial charge in [0.25, 0.3) is 0 Å². The van der Waals surface area contributed by atoms with Gasteiger partial charge in [-0.1, -0.05) is 0 Å². The van der Waals surface area contributed by atoms with Crippen LogP contribution in [-0.4, -0.2) is 34.2 Å². The van der Waals surface area contributed by atoms with Crippen molar-refractivity contribution in [3.05, 3.63) is 24.3 Å². The molecule has 102 valence electrons. The molecular formula is C14H19N3O2. The van der Waals surface area contributed by atoms with Crippen molar-refractivity contribution < 1.29 is 9.90 Å². The Bertz CT molecular complexity index is 460. The molecule has 0 spiro atoms. The van der Waals surface area contributed by atoms with Crippen LogP contribution in [0.25, 0.3) is 0 Å². The largest absolute Gasteiger partial charge is 0.399 e. The number of carbonyl (C=O) groups is 1. The second-order valence-corrected chi connectivity index (χ2v) is 5.47. The van der Waals surface area contributed by atoms with Gasteiger partial charge in [-0.15, -0.1) is 0 Å². The first-order valence-electron chi connectivity index (χ1n) is 6.76. The highest BCUT2D eigenvalue weighted by atomic mass is 16.3. The van der Waals surface area contributed by atoms with Crippen molar-refractivity contribution in [1.29, 1.82) is 0 Å². The lowest BCUT2D eigenvalue weighted by Gasteiger charge is -2.37. The molecule has 1 aromatic carbocycles. The van der Waals surface area contributed by atoms with Crippen LogP contribution in [0.5, 0.6) is 0 Å². The van der Waals surface area contributed by atoms with E-state index in [2.05, 4.69) is 5.32 Å². The van der Waals surface area contributed by atoms with Crippen molar-refractivity contribution in [2.24, 2.45) is 0 Å². The van der Waals surface area contributed by atoms with Crippen molar-refractivity contribution >= 4 is 17.4 Å². The van der Waals surface area contributed by atoms with E-state index in [9.17, 15) is 9.90 Å². The van der Waals surface area contributed by atoms with E-state index in [-0.39, 0.29) is 24.2 Å². The molecule has 4 N–H and O–H groups in total. The molecule has 19 heavy (non-hydrogen) atoms. The van der Waals surface area contributed by atoms with Gasteiger partial charge >= 0.3 is 6.03 Å². The summed E-state index contributed by atoms with van der Waals surface area (Å²) in [5, 5.41) is 12.6. The lowest BCUT2D eigenvalue weighted by atomic mass is 10.0. The summed E-state index contributed by atoms with van der Waals surface area (Å²) in [5.74, 6) is 0. The summed E-state index contributed by atoms with van der Waals surface area (Å²) in [7, 11) is 0. The molecule has 2 unspecified atom stereocenters. The van der Waals surface area contributed by atoms with Crippen molar-refractivity contribution in [1.82, 2.24) is 4.90 Å². The molecule has 2 heterocycles. The van der Waals surface area contributed by atoms with Crippen LogP contribution < -0.4 is 11.1 Å². The molecule has 2 aliphatic rings. The third-order valence-corrected chi connectivity index (χ3v) is 4.10. The maximum absolute atomic E-state index is 12.3. The smallest absolute Gasteiger partial charge is 0.322 e. The normalized spacial score (nSPS) is 29.3. The Hall–Kier alpha value is -1.75. The summed E-state index contributed by atoms with van der Waals surface area (Å²) in [4.78, 5) is 14.2. The van der Waals surface area contributed by atoms with Gasteiger partial charge in [-0.05, 0) is 49.9 Å². The molecule has 3 rings (SSSR count). The summed E-state index contributed by atoms with van der Waals surface area (Å²) >= 11 is 0. The molecule has 2 saturated heterocycles. The zero-order valence-corrected chi connectivity index (χ0v) is 10.7. The maximum atomic E-state index is 12.3. The van der Waals surface area contributed by atoms with Gasteiger partial charge in [0.2, 0.25) is 0 Å². The van der Waals surface area contributed by atoms with Gasteiger partial charge in [-0.2, -0.15) is 0 Å². The summed E-state index contributed by atoms with van der Waals surface area (Å²) in [6.45, 7) is 0. The molecule has 5 nitrogen and oxygen atoms in total. The van der Waals surface area contributed by atoms with Crippen LogP contribution in [0.4, 0.5) is 16.2 Å². The average molecular weight is 261 g/mol. The van der Waals surface area contributed by atoms with Gasteiger partial charge in [0.15, 0.2) is 0 Å². The number of benzene rings is 1. The predicted octanol–water partition coefficient (Wildman–Crippen LogP) is 1.79. The fourth-order valence-corrected chi connectivity index (χ4v) is 3.23. The van der Waals surface area contributed by atoms with Crippen LogP contribution in [0, 0.1) is 0 Å². The first-order chi connectivity index (χ1) is 9.13. The van der Waals surface area contributed by atoms with E-state index in [4.69, 9.17) is 5.73 Å². The highest BCUT2D eigenvalue weighted by Gasteiger charge is 2.42. The maximum Gasteiger partial charge on any atom is 0.322 e. The van der Waals surface area contributed by atoms with E-state index in [1.54, 1.807) is 24.3 Å². The van der Waals surface area contributed by atoms with Crippen LogP contribution in [0.3, 0.4) is 0 Å². The molecule has 1 aromatic rings. The average Bonchev–Trinajstić information content (AvgIpc) is 2.65. The van der Waals surface area contributed by atoms with Crippen molar-refractivity contribution in [2.75, 3.05) is 11.1 Å². The Balaban J connectivity index is 1.69. The van der Waals surface area contributed by atoms with E-state index in [1.165, 1.54) is 0 Å². The second kappa shape index (κ2) is 4.74. The van der Waals surface area contributed by atoms with Crippen LogP contribution in [0.2, 0.25) is 0 Å². The number of fused-ring (bicyclic) bond motifs is 2. The molecule has 0 aliphatic carbocycles. The number of nitrogens with one attached hydrogen (secondary N) is 1. The lowest BCUT2D eigenvalue weighted by Crippen LogP contribution is -2.49. The van der Waals surface area contributed by atoms with E-state index < -0.39 is 0 Å². The van der Waals surface area contributed by atoms with Gasteiger partial charge < -0.3 is 21.1 Å². The lowest BCUT2D eigenvalue weighted by molar-refractivity contribution is 0.0580. The number of hydrogen-bond acceptors (Lipinski definition) is 3. The van der Waals surface area contributed by atoms with Crippen molar-refractivity contribution in [2.45, 2.75) is 43.9 Å². The Morgan fingerprint density at radius 2 is 1.79 bits per heavy atom. The molecule has 0 aromatic heterocycles. The van der Waals surface area contributed by atoms with E-state index >= 15 is 0 Å². The number of piperidine rings is 1. The number of carbonyl (C=O) groups excluding carboxylic acids is 1. The van der Waals surface area contributed by atoms with Gasteiger partial charge in [-0.3, -0.25) is 0 Å². The minimum atomic E-state index is -0.252. The molecule has 0 saturated carbocycles. The molecule has 2 amide bonds. The fourth-order valence-electron chi connectivity index (χ4n) is 3.23. The molecule has 2 fully saturated rings. The number of nitrogens with two attached hydrogens (primary N) is 1. The first-order valence-corrected chi connectivity index (χ1v) is 6.76. The summed E-state index contributed by atoms with van der Waals surface area (Å²) in [5.41, 5.74) is 7.05. The first kappa shape index (κ1) is 12.3. The number of aliphatic hydroxyl groups is 1. The molecule has 2 atom stereocenters. The SMILES string of the molecule is Nc1ccc(NC(=O)N2C3CCC2CC(O)C3)cc1. The number of urea groups is 1. The quantitative estimate of drug-likeness (QED) is 0.674. The molecule has 0 radical (unpaired) electrons. The summed E-state index contributed by atoms with van der Waals surface area (Å²) < 4.78 is 0. The third-order valence-electron chi connectivity index (χ3n) is 4.10. The fraction of sp³-hybridized carbons (Fsp3) is 0.500. The van der Waals surface area contributed by atoms with Crippen LogP contribution in [0.15, 0.2) is 24.3 Å². The minimum Gasteiger partial charge on any atom is -0.399 e. The molecular weight excluding hydrogens is 242 g/mol. The van der Waals surface area contributed by atoms with E-state index in [0.717, 1.165) is 18.5 Å². The predicted molar refractivity (Wildman–Crippen MR) is 73.8 cm³/mol. The van der Waals surface area contributed by atoms with Crippen molar-refractivity contribution in [3.63, 3.8) is 0 Å². The number of hydrogen-bond donors (Lipinski definition) is 3. The zero-order valence-electron chi connectivity index (χ0n) is 10.7. The van der Waals surface area contributed by atoms with Gasteiger partial charge in [0, 0.05) is 23.5 Å². The number of amides is 2. The number of nitrogen functional groups attached to an aromatic ring is 1. The van der Waals surface area contributed by atoms with E-state index in [0.29, 0.717) is 18.5 Å². The van der Waals surface area contributed by atoms with Gasteiger partial charge in [0.05, 0.1) is 6.10 Å². The Kier molecular flexibility index (Phi) is 3.06. The Morgan fingerprint density at radius 3 is 2.37 bits per heavy atom. The Morgan fingerprint density at radius 1 is 1.21 bits per heavy atom. The second-order valence-electron chi connectivity index (χ2n) is 5.47. The number of aliphatic hydroxyl groups excluding tert-OH is 1. The number of anilines is 2. The molecule has 2 aliphatic heterocycles. The van der Waals surface area contributed by atoms with Crippen molar-refractivity contribution in [3.8, 4) is 0 Å². The molecule has 2 bridgehead atoms. The Labute approximate surface area is 112 Å². The summed E-state index contributed by atoms with van der Waals surface area (Å²) in [6, 6.07) is 7.44. The number of nitrogens with zero attached hydrogens (tertiary/aromatic N) is 1. The number of rotatable bonds is 1. The van der Waals surface area contributed by atoms with E-state index in [1.807, 2.05) is 4.90 Å². The zero-order chi connectivity index (χ0) is 13.4. The highest BCUT2D eigenvalue weighted by molar-refractivity contribution is 5.90. The van der Waals surface area contributed by atoms with Crippen LogP contribution in [0.1, 0.15) is 25.7 Å². The molecule has 5 heteroatoms. The highest BCUT2D eigenvalue weighted by Crippen LogP contribution is 2.36. The van der Waals surface area contributed by atoms with Crippen LogP contribution in [-0.2, 0) is 0 Å². The standard InChI is InChI=1S/C14H19N3O2/c15-9-1-3-10(4-2-9)16-14(19)17-11-5-6-12(17)8-13(18)7-11/h1-4,11-13,18H,5-8,15H2,(H,16,19). The van der Waals surface area contributed by atoms with Gasteiger partial charge in [-0.25, -0.2) is 4.79 Å². The van der Waals surface area contributed by atoms with Gasteiger partial charge in [0.1, 0.15) is 0 Å². The summed E-state index contributed by atoms with van der Waals surface area (Å²) in [6.07, 6.45) is 3.14.